The van der Waals surface area contributed by atoms with Crippen LogP contribution in [0.4, 0.5) is 0 Å². The number of rotatable bonds is 4. The SMILES string of the molecule is CCOC[C@@H]1CCN(C(=O)C2CCCCCC2)C1. The Bertz CT molecular complexity index is 259. The minimum atomic E-state index is 0.318. The van der Waals surface area contributed by atoms with E-state index in [9.17, 15) is 4.79 Å². The van der Waals surface area contributed by atoms with Gasteiger partial charge in [-0.15, -0.1) is 0 Å². The highest BCUT2D eigenvalue weighted by atomic mass is 16.5. The van der Waals surface area contributed by atoms with Gasteiger partial charge in [-0.05, 0) is 26.2 Å². The van der Waals surface area contributed by atoms with Crippen LogP contribution in [-0.2, 0) is 9.53 Å². The second kappa shape index (κ2) is 7.13. The molecule has 1 amide bonds. The first-order valence-corrected chi connectivity index (χ1v) is 7.67. The molecule has 0 radical (unpaired) electrons. The van der Waals surface area contributed by atoms with Crippen LogP contribution in [0.2, 0.25) is 0 Å². The van der Waals surface area contributed by atoms with Gasteiger partial charge < -0.3 is 9.64 Å². The van der Waals surface area contributed by atoms with Gasteiger partial charge in [0, 0.05) is 31.5 Å². The lowest BCUT2D eigenvalue weighted by Crippen LogP contribution is -2.34. The molecule has 1 saturated heterocycles. The Hall–Kier alpha value is -0.570. The Morgan fingerprint density at radius 1 is 1.17 bits per heavy atom. The summed E-state index contributed by atoms with van der Waals surface area (Å²) in [6, 6.07) is 0. The number of ether oxygens (including phenoxy) is 1. The lowest BCUT2D eigenvalue weighted by atomic mass is 9.99. The van der Waals surface area contributed by atoms with Crippen molar-refractivity contribution in [3.8, 4) is 0 Å². The van der Waals surface area contributed by atoms with Crippen molar-refractivity contribution in [1.29, 1.82) is 0 Å². The van der Waals surface area contributed by atoms with Gasteiger partial charge in [0.2, 0.25) is 5.91 Å². The van der Waals surface area contributed by atoms with E-state index in [4.69, 9.17) is 4.74 Å². The number of hydrogen-bond donors (Lipinski definition) is 0. The average Bonchev–Trinajstić information content (AvgIpc) is 2.69. The van der Waals surface area contributed by atoms with Crippen molar-refractivity contribution >= 4 is 5.91 Å². The third-order valence-corrected chi connectivity index (χ3v) is 4.36. The molecular formula is C15H27NO2. The van der Waals surface area contributed by atoms with Gasteiger partial charge in [0.05, 0.1) is 6.61 Å². The van der Waals surface area contributed by atoms with Gasteiger partial charge in [0.25, 0.3) is 0 Å². The maximum atomic E-state index is 12.5. The maximum Gasteiger partial charge on any atom is 0.225 e. The highest BCUT2D eigenvalue weighted by Gasteiger charge is 2.30. The second-order valence-corrected chi connectivity index (χ2v) is 5.79. The molecule has 0 unspecified atom stereocenters. The minimum Gasteiger partial charge on any atom is -0.381 e. The minimum absolute atomic E-state index is 0.318. The number of carbonyl (C=O) groups excluding carboxylic acids is 1. The molecule has 0 N–H and O–H groups in total. The molecule has 3 heteroatoms. The highest BCUT2D eigenvalue weighted by Crippen LogP contribution is 2.27. The lowest BCUT2D eigenvalue weighted by molar-refractivity contribution is -0.135. The van der Waals surface area contributed by atoms with E-state index in [1.807, 2.05) is 6.92 Å². The Balaban J connectivity index is 1.78. The fourth-order valence-corrected chi connectivity index (χ4v) is 3.24. The molecule has 2 aliphatic rings. The number of likely N-dealkylation sites (tertiary alicyclic amines) is 1. The number of nitrogens with zero attached hydrogens (tertiary/aromatic N) is 1. The van der Waals surface area contributed by atoms with Crippen LogP contribution in [0.3, 0.4) is 0 Å². The van der Waals surface area contributed by atoms with Crippen molar-refractivity contribution in [3.63, 3.8) is 0 Å². The molecule has 2 rings (SSSR count). The monoisotopic (exact) mass is 253 g/mol. The number of carbonyl (C=O) groups is 1. The van der Waals surface area contributed by atoms with Crippen LogP contribution >= 0.6 is 0 Å². The fourth-order valence-electron chi connectivity index (χ4n) is 3.24. The smallest absolute Gasteiger partial charge is 0.225 e. The molecule has 0 aromatic rings. The van der Waals surface area contributed by atoms with Gasteiger partial charge in [-0.1, -0.05) is 25.7 Å². The summed E-state index contributed by atoms with van der Waals surface area (Å²) in [5.41, 5.74) is 0. The largest absolute Gasteiger partial charge is 0.381 e. The average molecular weight is 253 g/mol. The van der Waals surface area contributed by atoms with E-state index in [-0.39, 0.29) is 0 Å². The van der Waals surface area contributed by atoms with E-state index in [2.05, 4.69) is 4.90 Å². The highest BCUT2D eigenvalue weighted by molar-refractivity contribution is 5.79. The topological polar surface area (TPSA) is 29.5 Å². The third-order valence-electron chi connectivity index (χ3n) is 4.36. The van der Waals surface area contributed by atoms with Gasteiger partial charge in [-0.2, -0.15) is 0 Å². The summed E-state index contributed by atoms with van der Waals surface area (Å²) in [7, 11) is 0. The van der Waals surface area contributed by atoms with Crippen LogP contribution in [0, 0.1) is 11.8 Å². The van der Waals surface area contributed by atoms with Crippen molar-refractivity contribution < 1.29 is 9.53 Å². The third kappa shape index (κ3) is 3.71. The van der Waals surface area contributed by atoms with Crippen molar-refractivity contribution in [1.82, 2.24) is 4.90 Å². The Morgan fingerprint density at radius 2 is 1.89 bits per heavy atom. The predicted octanol–water partition coefficient (Wildman–Crippen LogP) is 2.84. The first kappa shape index (κ1) is 13.9. The van der Waals surface area contributed by atoms with Crippen LogP contribution in [-0.4, -0.2) is 37.1 Å². The summed E-state index contributed by atoms with van der Waals surface area (Å²) in [4.78, 5) is 14.6. The summed E-state index contributed by atoms with van der Waals surface area (Å²) in [5.74, 6) is 1.31. The van der Waals surface area contributed by atoms with Crippen LogP contribution in [0.15, 0.2) is 0 Å². The number of amides is 1. The van der Waals surface area contributed by atoms with Gasteiger partial charge in [0.15, 0.2) is 0 Å². The molecule has 3 nitrogen and oxygen atoms in total. The molecule has 1 heterocycles. The van der Waals surface area contributed by atoms with E-state index >= 15 is 0 Å². The molecule has 104 valence electrons. The van der Waals surface area contributed by atoms with Gasteiger partial charge in [-0.25, -0.2) is 0 Å². The molecule has 2 fully saturated rings. The van der Waals surface area contributed by atoms with Gasteiger partial charge >= 0.3 is 0 Å². The van der Waals surface area contributed by atoms with Crippen molar-refractivity contribution in [2.24, 2.45) is 11.8 Å². The molecule has 18 heavy (non-hydrogen) atoms. The molecule has 0 aromatic heterocycles. The summed E-state index contributed by atoms with van der Waals surface area (Å²) in [6.45, 7) is 5.52. The molecule has 0 aromatic carbocycles. The van der Waals surface area contributed by atoms with E-state index in [0.717, 1.165) is 45.6 Å². The number of hydrogen-bond acceptors (Lipinski definition) is 2. The van der Waals surface area contributed by atoms with E-state index in [0.29, 0.717) is 17.7 Å². The molecule has 0 spiro atoms. The van der Waals surface area contributed by atoms with Crippen LogP contribution < -0.4 is 0 Å². The van der Waals surface area contributed by atoms with Crippen LogP contribution in [0.25, 0.3) is 0 Å². The first-order chi connectivity index (χ1) is 8.81. The maximum absolute atomic E-state index is 12.5. The second-order valence-electron chi connectivity index (χ2n) is 5.79. The zero-order valence-electron chi connectivity index (χ0n) is 11.7. The summed E-state index contributed by atoms with van der Waals surface area (Å²) in [5, 5.41) is 0. The Morgan fingerprint density at radius 3 is 2.56 bits per heavy atom. The molecule has 1 aliphatic heterocycles. The van der Waals surface area contributed by atoms with Crippen molar-refractivity contribution in [2.45, 2.75) is 51.9 Å². The van der Waals surface area contributed by atoms with Crippen LogP contribution in [0.1, 0.15) is 51.9 Å². The fraction of sp³-hybridized carbons (Fsp3) is 0.933. The van der Waals surface area contributed by atoms with Gasteiger partial charge in [0.1, 0.15) is 0 Å². The predicted molar refractivity (Wildman–Crippen MR) is 72.4 cm³/mol. The lowest BCUT2D eigenvalue weighted by Gasteiger charge is -2.22. The molecule has 1 atom stereocenters. The van der Waals surface area contributed by atoms with Crippen LogP contribution in [0.5, 0.6) is 0 Å². The van der Waals surface area contributed by atoms with Crippen molar-refractivity contribution in [3.05, 3.63) is 0 Å². The summed E-state index contributed by atoms with van der Waals surface area (Å²) >= 11 is 0. The Kier molecular flexibility index (Phi) is 5.48. The standard InChI is InChI=1S/C15H27NO2/c1-2-18-12-13-9-10-16(11-13)15(17)14-7-5-3-4-6-8-14/h13-14H,2-12H2,1H3/t13-/m1/s1. The quantitative estimate of drug-likeness (QED) is 0.721. The zero-order valence-corrected chi connectivity index (χ0v) is 11.7. The van der Waals surface area contributed by atoms with Gasteiger partial charge in [-0.3, -0.25) is 4.79 Å². The molecule has 0 bridgehead atoms. The van der Waals surface area contributed by atoms with Crippen molar-refractivity contribution in [2.75, 3.05) is 26.3 Å². The molecular weight excluding hydrogens is 226 g/mol. The summed E-state index contributed by atoms with van der Waals surface area (Å²) < 4.78 is 5.47. The van der Waals surface area contributed by atoms with E-state index < -0.39 is 0 Å². The molecule has 1 aliphatic carbocycles. The Labute approximate surface area is 111 Å². The normalized spacial score (nSPS) is 26.3. The first-order valence-electron chi connectivity index (χ1n) is 7.67. The van der Waals surface area contributed by atoms with E-state index in [1.54, 1.807) is 0 Å². The zero-order chi connectivity index (χ0) is 12.8. The van der Waals surface area contributed by atoms with E-state index in [1.165, 1.54) is 25.7 Å². The summed E-state index contributed by atoms with van der Waals surface area (Å²) in [6.07, 6.45) is 8.47. The molecule has 1 saturated carbocycles.